The van der Waals surface area contributed by atoms with Crippen molar-refractivity contribution in [2.45, 2.75) is 13.3 Å². The van der Waals surface area contributed by atoms with Crippen molar-refractivity contribution in [2.24, 2.45) is 0 Å². The molecule has 0 unspecified atom stereocenters. The fourth-order valence-electron chi connectivity index (χ4n) is 1.88. The third kappa shape index (κ3) is 6.42. The lowest BCUT2D eigenvalue weighted by atomic mass is 10.1. The summed E-state index contributed by atoms with van der Waals surface area (Å²) >= 11 is 16.9. The molecule has 3 N–H and O–H groups in total. The molecule has 0 aliphatic heterocycles. The van der Waals surface area contributed by atoms with E-state index < -0.39 is 5.91 Å². The minimum absolute atomic E-state index is 0.220. The van der Waals surface area contributed by atoms with Gasteiger partial charge in [0, 0.05) is 10.7 Å². The highest BCUT2D eigenvalue weighted by Crippen LogP contribution is 2.27. The third-order valence-electron chi connectivity index (χ3n) is 3.19. The van der Waals surface area contributed by atoms with Crippen molar-refractivity contribution in [1.82, 2.24) is 10.9 Å². The van der Waals surface area contributed by atoms with E-state index in [-0.39, 0.29) is 11.7 Å². The highest BCUT2D eigenvalue weighted by atomic mass is 35.5. The van der Waals surface area contributed by atoms with Crippen molar-refractivity contribution in [3.05, 3.63) is 58.1 Å². The van der Waals surface area contributed by atoms with Gasteiger partial charge < -0.3 is 10.1 Å². The second kappa shape index (κ2) is 9.46. The van der Waals surface area contributed by atoms with Crippen LogP contribution in [0, 0.1) is 0 Å². The van der Waals surface area contributed by atoms with Gasteiger partial charge in [-0.3, -0.25) is 15.6 Å². The van der Waals surface area contributed by atoms with Gasteiger partial charge in [-0.1, -0.05) is 42.3 Å². The largest absolute Gasteiger partial charge is 0.482 e. The van der Waals surface area contributed by atoms with Gasteiger partial charge in [0.25, 0.3) is 5.91 Å². The van der Waals surface area contributed by atoms with Crippen molar-refractivity contribution in [1.29, 1.82) is 0 Å². The van der Waals surface area contributed by atoms with E-state index >= 15 is 0 Å². The predicted molar refractivity (Wildman–Crippen MR) is 105 cm³/mol. The average Bonchev–Trinajstić information content (AvgIpc) is 2.60. The number of ether oxygens (including phenoxy) is 1. The van der Waals surface area contributed by atoms with E-state index in [9.17, 15) is 4.79 Å². The third-order valence-corrected chi connectivity index (χ3v) is 3.92. The topological polar surface area (TPSA) is 62.4 Å². The molecule has 0 bridgehead atoms. The van der Waals surface area contributed by atoms with Crippen molar-refractivity contribution < 1.29 is 9.53 Å². The van der Waals surface area contributed by atoms with Gasteiger partial charge in [0.1, 0.15) is 5.75 Å². The molecule has 0 aliphatic carbocycles. The van der Waals surface area contributed by atoms with Crippen molar-refractivity contribution >= 4 is 52.1 Å². The number of amides is 1. The van der Waals surface area contributed by atoms with Crippen LogP contribution in [-0.4, -0.2) is 17.6 Å². The van der Waals surface area contributed by atoms with Gasteiger partial charge in [-0.15, -0.1) is 0 Å². The molecule has 0 fully saturated rings. The number of carbonyl (C=O) groups is 1. The number of hydrogen-bond acceptors (Lipinski definition) is 3. The molecule has 5 nitrogen and oxygen atoms in total. The highest BCUT2D eigenvalue weighted by molar-refractivity contribution is 7.80. The van der Waals surface area contributed by atoms with E-state index in [1.807, 2.05) is 24.3 Å². The second-order valence-corrected chi connectivity index (χ2v) is 6.29. The Morgan fingerprint density at radius 2 is 1.84 bits per heavy atom. The normalized spacial score (nSPS) is 10.0. The summed E-state index contributed by atoms with van der Waals surface area (Å²) in [6.07, 6.45) is 0.969. The maximum atomic E-state index is 11.8. The molecular formula is C17H17Cl2N3O2S. The molecule has 8 heteroatoms. The number of benzene rings is 2. The number of nitrogens with one attached hydrogen (secondary N) is 3. The minimum Gasteiger partial charge on any atom is -0.482 e. The van der Waals surface area contributed by atoms with Crippen LogP contribution in [0.2, 0.25) is 10.0 Å². The SMILES string of the molecule is CCc1ccc(NC(=S)NNC(=O)COc2ccc(Cl)cc2Cl)cc1. The highest BCUT2D eigenvalue weighted by Gasteiger charge is 2.07. The van der Waals surface area contributed by atoms with Gasteiger partial charge in [0.2, 0.25) is 0 Å². The quantitative estimate of drug-likeness (QED) is 0.526. The standard InChI is InChI=1S/C17H17Cl2N3O2S/c1-2-11-3-6-13(7-4-11)20-17(25)22-21-16(23)10-24-15-8-5-12(18)9-14(15)19/h3-9H,2,10H2,1H3,(H,21,23)(H2,20,22,25). The zero-order valence-electron chi connectivity index (χ0n) is 13.4. The lowest BCUT2D eigenvalue weighted by Gasteiger charge is -2.12. The number of carbonyl (C=O) groups excluding carboxylic acids is 1. The van der Waals surface area contributed by atoms with Gasteiger partial charge in [-0.2, -0.15) is 0 Å². The van der Waals surface area contributed by atoms with Crippen LogP contribution < -0.4 is 20.9 Å². The summed E-state index contributed by atoms with van der Waals surface area (Å²) in [5, 5.41) is 4.06. The Hall–Kier alpha value is -2.02. The van der Waals surface area contributed by atoms with Crippen LogP contribution >= 0.6 is 35.4 Å². The fourth-order valence-corrected chi connectivity index (χ4v) is 2.52. The molecule has 132 valence electrons. The number of aryl methyl sites for hydroxylation is 1. The molecule has 2 aromatic rings. The van der Waals surface area contributed by atoms with Crippen LogP contribution in [0.4, 0.5) is 5.69 Å². The summed E-state index contributed by atoms with van der Waals surface area (Å²) in [4.78, 5) is 11.8. The minimum atomic E-state index is -0.406. The summed E-state index contributed by atoms with van der Waals surface area (Å²) < 4.78 is 5.32. The molecule has 2 aromatic carbocycles. The summed E-state index contributed by atoms with van der Waals surface area (Å²) in [7, 11) is 0. The van der Waals surface area contributed by atoms with E-state index in [2.05, 4.69) is 23.1 Å². The predicted octanol–water partition coefficient (Wildman–Crippen LogP) is 3.95. The van der Waals surface area contributed by atoms with Crippen LogP contribution in [0.25, 0.3) is 0 Å². The first-order valence-corrected chi connectivity index (χ1v) is 8.67. The van der Waals surface area contributed by atoms with E-state index in [0.29, 0.717) is 15.8 Å². The van der Waals surface area contributed by atoms with Crippen LogP contribution in [0.5, 0.6) is 5.75 Å². The first kappa shape index (κ1) is 19.3. The van der Waals surface area contributed by atoms with Crippen molar-refractivity contribution in [3.8, 4) is 5.75 Å². The van der Waals surface area contributed by atoms with Gasteiger partial charge in [-0.25, -0.2) is 0 Å². The lowest BCUT2D eigenvalue weighted by Crippen LogP contribution is -2.45. The van der Waals surface area contributed by atoms with E-state index in [1.54, 1.807) is 12.1 Å². The molecule has 0 atom stereocenters. The summed E-state index contributed by atoms with van der Waals surface area (Å²) in [6.45, 7) is 1.87. The number of hydrazine groups is 1. The molecule has 0 saturated heterocycles. The van der Waals surface area contributed by atoms with Crippen LogP contribution in [0.1, 0.15) is 12.5 Å². The zero-order chi connectivity index (χ0) is 18.2. The molecule has 0 spiro atoms. The first-order valence-electron chi connectivity index (χ1n) is 7.50. The molecule has 2 rings (SSSR count). The van der Waals surface area contributed by atoms with Crippen LogP contribution in [0.15, 0.2) is 42.5 Å². The molecule has 0 aromatic heterocycles. The zero-order valence-corrected chi connectivity index (χ0v) is 15.8. The smallest absolute Gasteiger partial charge is 0.276 e. The van der Waals surface area contributed by atoms with Gasteiger partial charge in [0.15, 0.2) is 11.7 Å². The van der Waals surface area contributed by atoms with E-state index in [4.69, 9.17) is 40.2 Å². The summed E-state index contributed by atoms with van der Waals surface area (Å²) in [6, 6.07) is 12.6. The maximum absolute atomic E-state index is 11.8. The number of halogens is 2. The Kier molecular flexibility index (Phi) is 7.31. The number of hydrogen-bond donors (Lipinski definition) is 3. The van der Waals surface area contributed by atoms with Gasteiger partial charge in [-0.05, 0) is 54.5 Å². The van der Waals surface area contributed by atoms with E-state index in [0.717, 1.165) is 12.1 Å². The number of thiocarbonyl (C=S) groups is 1. The molecule has 0 radical (unpaired) electrons. The van der Waals surface area contributed by atoms with Crippen molar-refractivity contribution in [3.63, 3.8) is 0 Å². The molecule has 0 aliphatic rings. The van der Waals surface area contributed by atoms with Crippen LogP contribution in [-0.2, 0) is 11.2 Å². The Bertz CT molecular complexity index is 754. The molecular weight excluding hydrogens is 381 g/mol. The fraction of sp³-hybridized carbons (Fsp3) is 0.176. The second-order valence-electron chi connectivity index (χ2n) is 5.04. The molecule has 0 heterocycles. The van der Waals surface area contributed by atoms with Gasteiger partial charge in [0.05, 0.1) is 5.02 Å². The molecule has 1 amide bonds. The van der Waals surface area contributed by atoms with Gasteiger partial charge >= 0.3 is 0 Å². The summed E-state index contributed by atoms with van der Waals surface area (Å²) in [5.74, 6) is -0.0329. The van der Waals surface area contributed by atoms with Crippen molar-refractivity contribution in [2.75, 3.05) is 11.9 Å². The number of anilines is 1. The Morgan fingerprint density at radius 3 is 2.48 bits per heavy atom. The average molecular weight is 398 g/mol. The first-order chi connectivity index (χ1) is 12.0. The monoisotopic (exact) mass is 397 g/mol. The lowest BCUT2D eigenvalue weighted by molar-refractivity contribution is -0.123. The number of rotatable bonds is 5. The Labute approximate surface area is 161 Å². The van der Waals surface area contributed by atoms with E-state index in [1.165, 1.54) is 11.6 Å². The molecule has 0 saturated carbocycles. The Balaban J connectivity index is 1.74. The maximum Gasteiger partial charge on any atom is 0.276 e. The summed E-state index contributed by atoms with van der Waals surface area (Å²) in [5.41, 5.74) is 7.10. The Morgan fingerprint density at radius 1 is 1.12 bits per heavy atom. The van der Waals surface area contributed by atoms with Crippen LogP contribution in [0.3, 0.4) is 0 Å². The molecule has 25 heavy (non-hydrogen) atoms.